The van der Waals surface area contributed by atoms with Crippen molar-refractivity contribution in [3.8, 4) is 0 Å². The Morgan fingerprint density at radius 1 is 1.37 bits per heavy atom. The minimum atomic E-state index is -0.248. The zero-order valence-corrected chi connectivity index (χ0v) is 11.3. The van der Waals surface area contributed by atoms with Crippen molar-refractivity contribution in [2.45, 2.75) is 12.8 Å². The highest BCUT2D eigenvalue weighted by Gasteiger charge is 2.41. The molecule has 0 bridgehead atoms. The molecule has 1 aromatic carbocycles. The lowest BCUT2D eigenvalue weighted by atomic mass is 9.75. The Morgan fingerprint density at radius 3 is 2.84 bits per heavy atom. The van der Waals surface area contributed by atoms with Gasteiger partial charge in [0.1, 0.15) is 0 Å². The number of carbonyl (C=O) groups excluding carboxylic acids is 1. The minimum Gasteiger partial charge on any atom is -0.465 e. The van der Waals surface area contributed by atoms with E-state index in [0.717, 1.165) is 31.9 Å². The molecule has 2 fully saturated rings. The summed E-state index contributed by atoms with van der Waals surface area (Å²) in [5, 5.41) is 3.37. The fourth-order valence-electron chi connectivity index (χ4n) is 3.21. The maximum Gasteiger partial charge on any atom is 0.339 e. The number of nitrogens with one attached hydrogen (secondary N) is 1. The van der Waals surface area contributed by atoms with Crippen LogP contribution in [0.15, 0.2) is 24.3 Å². The molecule has 0 amide bonds. The van der Waals surface area contributed by atoms with Gasteiger partial charge in [0.25, 0.3) is 0 Å². The molecule has 2 saturated heterocycles. The molecule has 2 aliphatic heterocycles. The molecule has 102 valence electrons. The van der Waals surface area contributed by atoms with E-state index >= 15 is 0 Å². The summed E-state index contributed by atoms with van der Waals surface area (Å²) in [4.78, 5) is 14.2. The van der Waals surface area contributed by atoms with Gasteiger partial charge in [-0.2, -0.15) is 0 Å². The Bertz CT molecular complexity index is 483. The van der Waals surface area contributed by atoms with Crippen molar-refractivity contribution in [3.63, 3.8) is 0 Å². The molecular formula is C15H20N2O2. The maximum absolute atomic E-state index is 11.9. The summed E-state index contributed by atoms with van der Waals surface area (Å²) in [6, 6.07) is 7.75. The van der Waals surface area contributed by atoms with Crippen LogP contribution < -0.4 is 10.2 Å². The van der Waals surface area contributed by atoms with E-state index in [-0.39, 0.29) is 5.97 Å². The lowest BCUT2D eigenvalue weighted by molar-refractivity contribution is 0.0600. The largest absolute Gasteiger partial charge is 0.465 e. The van der Waals surface area contributed by atoms with Gasteiger partial charge >= 0.3 is 5.97 Å². The van der Waals surface area contributed by atoms with Crippen LogP contribution in [0.5, 0.6) is 0 Å². The molecular weight excluding hydrogens is 240 g/mol. The van der Waals surface area contributed by atoms with Gasteiger partial charge < -0.3 is 15.0 Å². The van der Waals surface area contributed by atoms with Crippen LogP contribution in [0.25, 0.3) is 0 Å². The third kappa shape index (κ3) is 2.21. The number of piperidine rings is 1. The molecule has 1 aromatic rings. The van der Waals surface area contributed by atoms with Crippen molar-refractivity contribution in [2.75, 3.05) is 38.2 Å². The second-order valence-corrected chi connectivity index (χ2v) is 5.64. The van der Waals surface area contributed by atoms with Crippen LogP contribution in [0.2, 0.25) is 0 Å². The highest BCUT2D eigenvalue weighted by molar-refractivity contribution is 5.95. The summed E-state index contributed by atoms with van der Waals surface area (Å²) in [5.41, 5.74) is 2.11. The topological polar surface area (TPSA) is 41.6 Å². The molecule has 0 aromatic heterocycles. The van der Waals surface area contributed by atoms with Crippen molar-refractivity contribution in [2.24, 2.45) is 5.41 Å². The van der Waals surface area contributed by atoms with Crippen molar-refractivity contribution < 1.29 is 9.53 Å². The third-order valence-corrected chi connectivity index (χ3v) is 4.31. The molecule has 0 radical (unpaired) electrons. The average molecular weight is 260 g/mol. The maximum atomic E-state index is 11.9. The van der Waals surface area contributed by atoms with Crippen molar-refractivity contribution in [3.05, 3.63) is 29.8 Å². The first-order valence-electron chi connectivity index (χ1n) is 6.87. The van der Waals surface area contributed by atoms with Crippen molar-refractivity contribution in [1.29, 1.82) is 0 Å². The minimum absolute atomic E-state index is 0.248. The Hall–Kier alpha value is -1.55. The molecule has 1 N–H and O–H groups in total. The Balaban J connectivity index is 1.87. The highest BCUT2D eigenvalue weighted by Crippen LogP contribution is 2.36. The summed E-state index contributed by atoms with van der Waals surface area (Å²) in [6.07, 6.45) is 2.48. The molecule has 2 aliphatic rings. The number of ether oxygens (including phenoxy) is 1. The molecule has 4 heteroatoms. The number of esters is 1. The predicted octanol–water partition coefficient (Wildman–Crippen LogP) is 1.66. The summed E-state index contributed by atoms with van der Waals surface area (Å²) in [7, 11) is 1.44. The first-order valence-corrected chi connectivity index (χ1v) is 6.87. The molecule has 3 rings (SSSR count). The second kappa shape index (κ2) is 4.85. The number of nitrogens with zero attached hydrogens (tertiary/aromatic N) is 1. The zero-order chi connectivity index (χ0) is 13.3. The van der Waals surface area contributed by atoms with Crippen LogP contribution in [-0.4, -0.2) is 39.3 Å². The van der Waals surface area contributed by atoms with E-state index in [4.69, 9.17) is 4.74 Å². The lowest BCUT2D eigenvalue weighted by Crippen LogP contribution is -2.61. The van der Waals surface area contributed by atoms with Gasteiger partial charge in [-0.1, -0.05) is 12.1 Å². The monoisotopic (exact) mass is 260 g/mol. The molecule has 0 aliphatic carbocycles. The van der Waals surface area contributed by atoms with E-state index in [9.17, 15) is 4.79 Å². The van der Waals surface area contributed by atoms with Crippen LogP contribution >= 0.6 is 0 Å². The lowest BCUT2D eigenvalue weighted by Gasteiger charge is -2.50. The fraction of sp³-hybridized carbons (Fsp3) is 0.533. The van der Waals surface area contributed by atoms with Crippen LogP contribution in [0.3, 0.4) is 0 Å². The SMILES string of the molecule is COC(=O)c1ccccc1N1CCCC2(CNC2)C1. The van der Waals surface area contributed by atoms with Crippen molar-refractivity contribution in [1.82, 2.24) is 5.32 Å². The Morgan fingerprint density at radius 2 is 2.16 bits per heavy atom. The standard InChI is InChI=1S/C15H20N2O2/c1-19-14(18)12-5-2-3-6-13(12)17-8-4-7-15(11-17)9-16-10-15/h2-3,5-6,16H,4,7-11H2,1H3. The van der Waals surface area contributed by atoms with Crippen molar-refractivity contribution >= 4 is 11.7 Å². The first kappa shape index (κ1) is 12.5. The number of hydrogen-bond acceptors (Lipinski definition) is 4. The predicted molar refractivity (Wildman–Crippen MR) is 74.5 cm³/mol. The molecule has 0 atom stereocenters. The van der Waals surface area contributed by atoms with Gasteiger partial charge in [-0.3, -0.25) is 0 Å². The summed E-state index contributed by atoms with van der Waals surface area (Å²) >= 11 is 0. The van der Waals surface area contributed by atoms with E-state index < -0.39 is 0 Å². The van der Waals surface area contributed by atoms with E-state index in [1.165, 1.54) is 20.0 Å². The van der Waals surface area contributed by atoms with Gasteiger partial charge in [0.2, 0.25) is 0 Å². The van der Waals surface area contributed by atoms with Crippen LogP contribution in [0.1, 0.15) is 23.2 Å². The van der Waals surface area contributed by atoms with Gasteiger partial charge in [-0.25, -0.2) is 4.79 Å². The summed E-state index contributed by atoms with van der Waals surface area (Å²) < 4.78 is 4.88. The molecule has 0 unspecified atom stereocenters. The summed E-state index contributed by atoms with van der Waals surface area (Å²) in [5.74, 6) is -0.248. The third-order valence-electron chi connectivity index (χ3n) is 4.31. The normalized spacial score (nSPS) is 21.0. The van der Waals surface area contributed by atoms with Gasteiger partial charge in [-0.15, -0.1) is 0 Å². The first-order chi connectivity index (χ1) is 9.24. The average Bonchev–Trinajstić information content (AvgIpc) is 2.45. The second-order valence-electron chi connectivity index (χ2n) is 5.64. The number of benzene rings is 1. The number of anilines is 1. The summed E-state index contributed by atoms with van der Waals surface area (Å²) in [6.45, 7) is 4.26. The Kier molecular flexibility index (Phi) is 3.19. The zero-order valence-electron chi connectivity index (χ0n) is 11.3. The van der Waals surface area contributed by atoms with Gasteiger partial charge in [-0.05, 0) is 25.0 Å². The van der Waals surface area contributed by atoms with Gasteiger partial charge in [0.05, 0.1) is 18.4 Å². The molecule has 0 saturated carbocycles. The highest BCUT2D eigenvalue weighted by atomic mass is 16.5. The molecule has 1 spiro atoms. The van der Waals surface area contributed by atoms with Gasteiger partial charge in [0.15, 0.2) is 0 Å². The fourth-order valence-corrected chi connectivity index (χ4v) is 3.21. The van der Waals surface area contributed by atoms with E-state index in [0.29, 0.717) is 11.0 Å². The molecule has 4 nitrogen and oxygen atoms in total. The quantitative estimate of drug-likeness (QED) is 0.821. The number of methoxy groups -OCH3 is 1. The smallest absolute Gasteiger partial charge is 0.339 e. The molecule has 19 heavy (non-hydrogen) atoms. The van der Waals surface area contributed by atoms with E-state index in [1.54, 1.807) is 0 Å². The van der Waals surface area contributed by atoms with Crippen LogP contribution in [-0.2, 0) is 4.74 Å². The van der Waals surface area contributed by atoms with Crippen LogP contribution in [0, 0.1) is 5.41 Å². The Labute approximate surface area is 113 Å². The number of carbonyl (C=O) groups is 1. The number of hydrogen-bond donors (Lipinski definition) is 1. The van der Waals surface area contributed by atoms with Gasteiger partial charge in [0, 0.05) is 31.6 Å². The van der Waals surface area contributed by atoms with E-state index in [1.807, 2.05) is 24.3 Å². The van der Waals surface area contributed by atoms with E-state index in [2.05, 4.69) is 10.2 Å². The number of rotatable bonds is 2. The number of para-hydroxylation sites is 1. The van der Waals surface area contributed by atoms with Crippen LogP contribution in [0.4, 0.5) is 5.69 Å². The molecule has 2 heterocycles.